The van der Waals surface area contributed by atoms with Crippen LogP contribution in [0.15, 0.2) is 30.3 Å². The van der Waals surface area contributed by atoms with Crippen molar-refractivity contribution in [3.8, 4) is 23.0 Å². The molecule has 0 aliphatic carbocycles. The van der Waals surface area contributed by atoms with Gasteiger partial charge in [0, 0.05) is 37.8 Å². The summed E-state index contributed by atoms with van der Waals surface area (Å²) in [7, 11) is -1.97. The molecule has 16 nitrogen and oxygen atoms in total. The standard InChI is InChI=1S/C33H29BClF4N5O11/c35-22-16(12-19(38)26(46)27(22)47)24(29(48)40-20-11-13-1-3-17(36)21(31(50)51)28(13)55-34(20)54)41-32(52)44-10-9-43(33(44)53)14-5-7-42(8-6-14)30(49)15-2-4-18(37)25(45)23(15)39/h1-4,12,14,20,24,45-47,54H,5-11H2,(H,40,48)(H,41,52)(H,50,51)/t20-,24?/m0/s1. The van der Waals surface area contributed by atoms with Gasteiger partial charge in [-0.25, -0.2) is 36.8 Å². The number of benzene rings is 3. The molecule has 2 saturated heterocycles. The quantitative estimate of drug-likeness (QED) is 0.105. The number of carboxylic acid groups (broad SMARTS) is 1. The minimum Gasteiger partial charge on any atom is -0.534 e. The largest absolute Gasteiger partial charge is 0.547 e. The van der Waals surface area contributed by atoms with Gasteiger partial charge in [0.25, 0.3) is 5.91 Å². The topological polar surface area (TPSA) is 230 Å². The highest BCUT2D eigenvalue weighted by Gasteiger charge is 2.43. The number of amides is 6. The van der Waals surface area contributed by atoms with E-state index in [1.54, 1.807) is 0 Å². The van der Waals surface area contributed by atoms with Crippen LogP contribution in [-0.2, 0) is 11.2 Å². The van der Waals surface area contributed by atoms with E-state index in [-0.39, 0.29) is 51.0 Å². The molecule has 0 saturated carbocycles. The van der Waals surface area contributed by atoms with Crippen LogP contribution >= 0.6 is 11.6 Å². The van der Waals surface area contributed by atoms with E-state index < -0.39 is 123 Å². The molecule has 0 bridgehead atoms. The molecule has 3 aromatic rings. The number of halogens is 5. The number of carbonyl (C=O) groups excluding carboxylic acids is 4. The van der Waals surface area contributed by atoms with Crippen LogP contribution in [0.2, 0.25) is 5.02 Å². The number of hydrogen-bond acceptors (Lipinski definition) is 10. The average Bonchev–Trinajstić information content (AvgIpc) is 3.54. The fourth-order valence-corrected chi connectivity index (χ4v) is 6.93. The van der Waals surface area contributed by atoms with E-state index in [0.29, 0.717) is 6.07 Å². The van der Waals surface area contributed by atoms with Gasteiger partial charge in [0.2, 0.25) is 5.91 Å². The van der Waals surface area contributed by atoms with E-state index in [0.717, 1.165) is 29.2 Å². The van der Waals surface area contributed by atoms with Crippen molar-refractivity contribution in [1.82, 2.24) is 25.3 Å². The van der Waals surface area contributed by atoms with Crippen LogP contribution in [0.4, 0.5) is 27.2 Å². The Labute approximate surface area is 312 Å². The highest BCUT2D eigenvalue weighted by molar-refractivity contribution is 6.47. The first kappa shape index (κ1) is 38.8. The number of rotatable bonds is 7. The zero-order chi connectivity index (χ0) is 40.0. The summed E-state index contributed by atoms with van der Waals surface area (Å²) in [5, 5.41) is 53.6. The number of urea groups is 2. The smallest absolute Gasteiger partial charge is 0.534 e. The maximum Gasteiger partial charge on any atom is 0.547 e. The van der Waals surface area contributed by atoms with Crippen LogP contribution in [0.25, 0.3) is 0 Å². The van der Waals surface area contributed by atoms with Crippen LogP contribution in [-0.4, -0.2) is 115 Å². The Morgan fingerprint density at radius 3 is 2.25 bits per heavy atom. The van der Waals surface area contributed by atoms with Gasteiger partial charge in [0.05, 0.1) is 16.5 Å². The van der Waals surface area contributed by atoms with Crippen molar-refractivity contribution in [3.05, 3.63) is 80.9 Å². The lowest BCUT2D eigenvalue weighted by Crippen LogP contribution is -2.56. The summed E-state index contributed by atoms with van der Waals surface area (Å²) < 4.78 is 62.0. The van der Waals surface area contributed by atoms with Crippen molar-refractivity contribution >= 4 is 48.6 Å². The summed E-state index contributed by atoms with van der Waals surface area (Å²) in [6.07, 6.45) is 0.0472. The number of carboxylic acids is 1. The summed E-state index contributed by atoms with van der Waals surface area (Å²) in [4.78, 5) is 68.7. The first-order valence-corrected chi connectivity index (χ1v) is 16.8. The Morgan fingerprint density at radius 1 is 0.909 bits per heavy atom. The zero-order valence-corrected chi connectivity index (χ0v) is 28.8. The van der Waals surface area contributed by atoms with Gasteiger partial charge in [-0.2, -0.15) is 0 Å². The molecule has 3 aliphatic rings. The second-order valence-corrected chi connectivity index (χ2v) is 13.2. The number of phenols is 3. The van der Waals surface area contributed by atoms with Crippen molar-refractivity contribution in [2.75, 3.05) is 26.2 Å². The number of nitrogens with zero attached hydrogens (tertiary/aromatic N) is 3. The number of aromatic carboxylic acids is 1. The molecule has 0 aromatic heterocycles. The maximum atomic E-state index is 14.7. The Balaban J connectivity index is 1.17. The SMILES string of the molecule is O=C(O)c1c(F)ccc2c1OB(O)[C@@H](NC(=O)C(NC(=O)N1CCN(C3CCN(C(=O)c4ccc(F)c(O)c4F)CC3)C1=O)c1cc(F)c(O)c(O)c1Cl)C2. The Kier molecular flexibility index (Phi) is 10.6. The van der Waals surface area contributed by atoms with Gasteiger partial charge in [-0.1, -0.05) is 17.7 Å². The van der Waals surface area contributed by atoms with Gasteiger partial charge in [0.1, 0.15) is 23.2 Å². The molecule has 3 aliphatic heterocycles. The third kappa shape index (κ3) is 7.19. The van der Waals surface area contributed by atoms with Crippen molar-refractivity contribution < 1.29 is 71.6 Å². The lowest BCUT2D eigenvalue weighted by Gasteiger charge is -2.36. The summed E-state index contributed by atoms with van der Waals surface area (Å²) in [5.74, 6) is -14.6. The number of nitrogens with one attached hydrogen (secondary N) is 2. The number of carbonyl (C=O) groups is 5. The van der Waals surface area contributed by atoms with Gasteiger partial charge in [-0.3, -0.25) is 9.59 Å². The van der Waals surface area contributed by atoms with E-state index in [2.05, 4.69) is 10.6 Å². The van der Waals surface area contributed by atoms with Crippen molar-refractivity contribution in [2.24, 2.45) is 0 Å². The molecule has 6 rings (SSSR count). The molecule has 55 heavy (non-hydrogen) atoms. The van der Waals surface area contributed by atoms with Crippen LogP contribution in [0, 0.1) is 23.3 Å². The van der Waals surface area contributed by atoms with Crippen LogP contribution in [0.3, 0.4) is 0 Å². The number of phenolic OH excluding ortho intramolecular Hbond substituents is 3. The van der Waals surface area contributed by atoms with Crippen LogP contribution in [0.1, 0.15) is 50.7 Å². The van der Waals surface area contributed by atoms with E-state index >= 15 is 0 Å². The Hall–Kier alpha value is -5.96. The highest BCUT2D eigenvalue weighted by atomic mass is 35.5. The van der Waals surface area contributed by atoms with E-state index in [4.69, 9.17) is 16.3 Å². The number of fused-ring (bicyclic) bond motifs is 1. The number of likely N-dealkylation sites (tertiary alicyclic amines) is 1. The molecule has 3 heterocycles. The highest BCUT2D eigenvalue weighted by Crippen LogP contribution is 2.41. The van der Waals surface area contributed by atoms with Crippen LogP contribution in [0.5, 0.6) is 23.0 Å². The number of imide groups is 1. The predicted octanol–water partition coefficient (Wildman–Crippen LogP) is 2.64. The monoisotopic (exact) mass is 793 g/mol. The summed E-state index contributed by atoms with van der Waals surface area (Å²) in [6.45, 7) is -0.153. The van der Waals surface area contributed by atoms with Crippen molar-refractivity contribution in [1.29, 1.82) is 0 Å². The van der Waals surface area contributed by atoms with Crippen molar-refractivity contribution in [3.63, 3.8) is 0 Å². The molecule has 2 fully saturated rings. The lowest BCUT2D eigenvalue weighted by atomic mass is 9.72. The molecule has 6 amide bonds. The molecule has 1 unspecified atom stereocenters. The molecule has 290 valence electrons. The van der Waals surface area contributed by atoms with Gasteiger partial charge in [-0.05, 0) is 49.1 Å². The van der Waals surface area contributed by atoms with Crippen LogP contribution < -0.4 is 15.3 Å². The van der Waals surface area contributed by atoms with Gasteiger partial charge in [0.15, 0.2) is 34.7 Å². The average molecular weight is 794 g/mol. The van der Waals surface area contributed by atoms with Gasteiger partial charge in [-0.15, -0.1) is 0 Å². The zero-order valence-electron chi connectivity index (χ0n) is 28.1. The minimum absolute atomic E-state index is 0.00150. The molecule has 22 heteroatoms. The fraction of sp³-hybridized carbons (Fsp3) is 0.303. The molecule has 0 radical (unpaired) electrons. The molecule has 0 spiro atoms. The van der Waals surface area contributed by atoms with E-state index in [1.807, 2.05) is 0 Å². The summed E-state index contributed by atoms with van der Waals surface area (Å²) >= 11 is 6.16. The fourth-order valence-electron chi connectivity index (χ4n) is 6.68. The normalized spacial score (nSPS) is 17.8. The molecule has 3 aromatic carbocycles. The maximum absolute atomic E-state index is 14.7. The lowest BCUT2D eigenvalue weighted by molar-refractivity contribution is -0.123. The predicted molar refractivity (Wildman–Crippen MR) is 179 cm³/mol. The molecule has 2 atom stereocenters. The van der Waals surface area contributed by atoms with Gasteiger partial charge >= 0.3 is 25.1 Å². The Morgan fingerprint density at radius 2 is 1.58 bits per heavy atom. The molecule has 7 N–H and O–H groups in total. The Bertz CT molecular complexity index is 2130. The molecular weight excluding hydrogens is 765 g/mol. The van der Waals surface area contributed by atoms with E-state index in [9.17, 15) is 67.0 Å². The van der Waals surface area contributed by atoms with Gasteiger partial charge < -0.3 is 50.5 Å². The third-order valence-corrected chi connectivity index (χ3v) is 9.96. The van der Waals surface area contributed by atoms with E-state index in [1.165, 1.54) is 9.80 Å². The second-order valence-electron chi connectivity index (χ2n) is 12.8. The summed E-state index contributed by atoms with van der Waals surface area (Å²) in [6, 6.07) is -0.347. The first-order valence-electron chi connectivity index (χ1n) is 16.4. The number of aromatic hydroxyl groups is 3. The first-order chi connectivity index (χ1) is 26.0. The van der Waals surface area contributed by atoms with Crippen molar-refractivity contribution in [2.45, 2.75) is 37.3 Å². The second kappa shape index (κ2) is 15.1. The minimum atomic E-state index is -2.01. The number of piperidine rings is 1. The molecular formula is C33H29BClF4N5O11. The third-order valence-electron chi connectivity index (χ3n) is 9.56. The number of hydrogen-bond donors (Lipinski definition) is 7. The summed E-state index contributed by atoms with van der Waals surface area (Å²) in [5.41, 5.74) is -1.93.